The topological polar surface area (TPSA) is 54.1 Å². The zero-order valence-corrected chi connectivity index (χ0v) is 14.8. The maximum Gasteiger partial charge on any atom is 0.191 e. The molecule has 2 N–H and O–H groups in total. The number of rotatable bonds is 7. The molecule has 0 bridgehead atoms. The van der Waals surface area contributed by atoms with E-state index in [0.717, 1.165) is 39.3 Å². The summed E-state index contributed by atoms with van der Waals surface area (Å²) in [6, 6.07) is 0.536. The molecule has 5 nitrogen and oxygen atoms in total. The zero-order chi connectivity index (χ0) is 13.4. The van der Waals surface area contributed by atoms with Crippen LogP contribution in [0, 0.1) is 0 Å². The Labute approximate surface area is 134 Å². The Hall–Kier alpha value is -0.0800. The van der Waals surface area contributed by atoms with Crippen LogP contribution in [0.2, 0.25) is 0 Å². The Balaban J connectivity index is 0.00000324. The minimum Gasteiger partial charge on any atom is -0.383 e. The predicted octanol–water partition coefficient (Wildman–Crippen LogP) is 1.37. The second-order valence-corrected chi connectivity index (χ2v) is 4.70. The number of nitrogens with zero attached hydrogens (tertiary/aromatic N) is 3. The van der Waals surface area contributed by atoms with Crippen LogP contribution in [-0.4, -0.2) is 68.2 Å². The van der Waals surface area contributed by atoms with Crippen LogP contribution in [0.1, 0.15) is 26.7 Å². The first-order valence-electron chi connectivity index (χ1n) is 7.00. The molecule has 0 aromatic heterocycles. The molecule has 0 radical (unpaired) electrons. The van der Waals surface area contributed by atoms with Crippen LogP contribution in [0.3, 0.4) is 0 Å². The monoisotopic (exact) mass is 384 g/mol. The molecule has 1 aliphatic heterocycles. The molecular weight excluding hydrogens is 355 g/mol. The Morgan fingerprint density at radius 3 is 2.68 bits per heavy atom. The molecule has 0 aliphatic carbocycles. The number of halogens is 1. The van der Waals surface area contributed by atoms with Gasteiger partial charge in [-0.3, -0.25) is 9.89 Å². The fourth-order valence-electron chi connectivity index (χ4n) is 2.45. The van der Waals surface area contributed by atoms with Crippen LogP contribution in [0.15, 0.2) is 4.99 Å². The molecule has 1 rings (SSSR count). The third kappa shape index (κ3) is 6.27. The molecule has 1 saturated heterocycles. The van der Waals surface area contributed by atoms with Gasteiger partial charge in [0, 0.05) is 32.8 Å². The highest BCUT2D eigenvalue weighted by Gasteiger charge is 2.23. The fourth-order valence-corrected chi connectivity index (χ4v) is 2.45. The lowest BCUT2D eigenvalue weighted by Gasteiger charge is -2.24. The summed E-state index contributed by atoms with van der Waals surface area (Å²) in [5.41, 5.74) is 6.00. The minimum absolute atomic E-state index is 0. The van der Waals surface area contributed by atoms with Gasteiger partial charge < -0.3 is 15.4 Å². The first kappa shape index (κ1) is 18.9. The largest absolute Gasteiger partial charge is 0.383 e. The van der Waals surface area contributed by atoms with Crippen molar-refractivity contribution >= 4 is 29.9 Å². The third-order valence-corrected chi connectivity index (χ3v) is 3.63. The van der Waals surface area contributed by atoms with Crippen LogP contribution >= 0.6 is 24.0 Å². The second kappa shape index (κ2) is 10.7. The molecule has 1 heterocycles. The molecule has 1 unspecified atom stereocenters. The van der Waals surface area contributed by atoms with Crippen LogP contribution in [-0.2, 0) is 4.74 Å². The summed E-state index contributed by atoms with van der Waals surface area (Å²) in [4.78, 5) is 9.10. The molecule has 6 heteroatoms. The van der Waals surface area contributed by atoms with Gasteiger partial charge in [0.25, 0.3) is 0 Å². The predicted molar refractivity (Wildman–Crippen MR) is 91.3 cm³/mol. The van der Waals surface area contributed by atoms with Gasteiger partial charge in [-0.05, 0) is 33.2 Å². The summed E-state index contributed by atoms with van der Waals surface area (Å²) in [5.74, 6) is 0.679. The van der Waals surface area contributed by atoms with Gasteiger partial charge in [-0.25, -0.2) is 0 Å². The van der Waals surface area contributed by atoms with Gasteiger partial charge in [0.2, 0.25) is 0 Å². The molecule has 1 atom stereocenters. The van der Waals surface area contributed by atoms with Crippen molar-refractivity contribution < 1.29 is 4.74 Å². The molecule has 1 aliphatic rings. The molecule has 0 aromatic carbocycles. The van der Waals surface area contributed by atoms with Gasteiger partial charge in [-0.1, -0.05) is 0 Å². The molecule has 0 amide bonds. The van der Waals surface area contributed by atoms with Gasteiger partial charge in [0.1, 0.15) is 0 Å². The molecular formula is C13H29IN4O. The molecule has 0 spiro atoms. The van der Waals surface area contributed by atoms with Gasteiger partial charge >= 0.3 is 0 Å². The number of ether oxygens (including phenoxy) is 1. The van der Waals surface area contributed by atoms with Crippen molar-refractivity contribution in [3.8, 4) is 0 Å². The quantitative estimate of drug-likeness (QED) is 0.409. The summed E-state index contributed by atoms with van der Waals surface area (Å²) >= 11 is 0. The number of likely N-dealkylation sites (tertiary alicyclic amines) is 1. The number of aliphatic imine (C=N–C) groups is 1. The van der Waals surface area contributed by atoms with Crippen molar-refractivity contribution in [2.75, 3.05) is 46.4 Å². The smallest absolute Gasteiger partial charge is 0.191 e. The number of hydrogen-bond acceptors (Lipinski definition) is 3. The maximum atomic E-state index is 6.00. The van der Waals surface area contributed by atoms with E-state index in [1.807, 2.05) is 0 Å². The highest BCUT2D eigenvalue weighted by atomic mass is 127. The Morgan fingerprint density at radius 1 is 1.42 bits per heavy atom. The summed E-state index contributed by atoms with van der Waals surface area (Å²) < 4.78 is 5.14. The molecule has 114 valence electrons. The highest BCUT2D eigenvalue weighted by molar-refractivity contribution is 14.0. The van der Waals surface area contributed by atoms with Crippen molar-refractivity contribution in [3.05, 3.63) is 0 Å². The van der Waals surface area contributed by atoms with Crippen molar-refractivity contribution in [1.29, 1.82) is 0 Å². The van der Waals surface area contributed by atoms with Gasteiger partial charge in [0.05, 0.1) is 13.2 Å². The van der Waals surface area contributed by atoms with Crippen molar-refractivity contribution in [2.45, 2.75) is 32.7 Å². The molecule has 0 saturated carbocycles. The summed E-state index contributed by atoms with van der Waals surface area (Å²) in [7, 11) is 1.75. The van der Waals surface area contributed by atoms with E-state index in [1.54, 1.807) is 7.11 Å². The van der Waals surface area contributed by atoms with E-state index >= 15 is 0 Å². The summed E-state index contributed by atoms with van der Waals surface area (Å²) in [5, 5.41) is 0. The van der Waals surface area contributed by atoms with E-state index in [4.69, 9.17) is 10.5 Å². The van der Waals surface area contributed by atoms with Crippen LogP contribution < -0.4 is 5.73 Å². The van der Waals surface area contributed by atoms with Gasteiger partial charge in [-0.2, -0.15) is 0 Å². The Kier molecular flexibility index (Phi) is 10.6. The molecule has 19 heavy (non-hydrogen) atoms. The lowest BCUT2D eigenvalue weighted by molar-refractivity contribution is 0.142. The van der Waals surface area contributed by atoms with Crippen LogP contribution in [0.5, 0.6) is 0 Å². The molecule has 0 aromatic rings. The Morgan fingerprint density at radius 2 is 2.11 bits per heavy atom. The van der Waals surface area contributed by atoms with E-state index in [1.165, 1.54) is 12.8 Å². The number of methoxy groups -OCH3 is 1. The minimum atomic E-state index is 0. The van der Waals surface area contributed by atoms with Crippen molar-refractivity contribution in [2.24, 2.45) is 10.7 Å². The van der Waals surface area contributed by atoms with E-state index < -0.39 is 0 Å². The van der Waals surface area contributed by atoms with Crippen LogP contribution in [0.4, 0.5) is 0 Å². The normalized spacial score (nSPS) is 20.4. The number of guanidine groups is 1. The second-order valence-electron chi connectivity index (χ2n) is 4.70. The van der Waals surface area contributed by atoms with E-state index in [-0.39, 0.29) is 24.0 Å². The average molecular weight is 384 g/mol. The lowest BCUT2D eigenvalue weighted by atomic mass is 10.2. The summed E-state index contributed by atoms with van der Waals surface area (Å²) in [6.45, 7) is 9.82. The fraction of sp³-hybridized carbons (Fsp3) is 0.923. The molecule has 1 fully saturated rings. The van der Waals surface area contributed by atoms with Gasteiger partial charge in [0.15, 0.2) is 5.96 Å². The maximum absolute atomic E-state index is 6.00. The lowest BCUT2D eigenvalue weighted by Crippen LogP contribution is -2.39. The Bertz CT molecular complexity index is 259. The first-order valence-corrected chi connectivity index (χ1v) is 7.00. The first-order chi connectivity index (χ1) is 8.72. The SMILES string of the molecule is CCN(CC)C(N)=NCC1CCCN1CCOC.I. The average Bonchev–Trinajstić information content (AvgIpc) is 2.82. The van der Waals surface area contributed by atoms with E-state index in [2.05, 4.69) is 28.6 Å². The van der Waals surface area contributed by atoms with Crippen molar-refractivity contribution in [3.63, 3.8) is 0 Å². The van der Waals surface area contributed by atoms with E-state index in [9.17, 15) is 0 Å². The third-order valence-electron chi connectivity index (χ3n) is 3.63. The number of hydrogen-bond donors (Lipinski definition) is 1. The van der Waals surface area contributed by atoms with Crippen molar-refractivity contribution in [1.82, 2.24) is 9.80 Å². The highest BCUT2D eigenvalue weighted by Crippen LogP contribution is 2.16. The zero-order valence-electron chi connectivity index (χ0n) is 12.5. The van der Waals surface area contributed by atoms with Gasteiger partial charge in [-0.15, -0.1) is 24.0 Å². The van der Waals surface area contributed by atoms with Crippen LogP contribution in [0.25, 0.3) is 0 Å². The summed E-state index contributed by atoms with van der Waals surface area (Å²) in [6.07, 6.45) is 2.48. The standard InChI is InChI=1S/C13H28N4O.HI/c1-4-16(5-2)13(14)15-11-12-7-6-8-17(12)9-10-18-3;/h12H,4-11H2,1-3H3,(H2,14,15);1H. The number of nitrogens with two attached hydrogens (primary N) is 1. The van der Waals surface area contributed by atoms with E-state index in [0.29, 0.717) is 12.0 Å².